The van der Waals surface area contributed by atoms with Gasteiger partial charge in [0.2, 0.25) is 0 Å². The molecule has 0 spiro atoms. The average molecular weight is 207 g/mol. The van der Waals surface area contributed by atoms with Crippen LogP contribution in [0.4, 0.5) is 0 Å². The fourth-order valence-electron chi connectivity index (χ4n) is 1.18. The van der Waals surface area contributed by atoms with Crippen molar-refractivity contribution in [2.24, 2.45) is 5.41 Å². The molecular formula is C11H23ClO. The summed E-state index contributed by atoms with van der Waals surface area (Å²) in [6, 6.07) is 0. The molecule has 2 heteroatoms. The van der Waals surface area contributed by atoms with Crippen LogP contribution in [0.3, 0.4) is 0 Å². The molecule has 0 saturated carbocycles. The minimum atomic E-state index is 0.239. The van der Waals surface area contributed by atoms with Crippen molar-refractivity contribution in [1.82, 2.24) is 0 Å². The molecule has 80 valence electrons. The van der Waals surface area contributed by atoms with Crippen LogP contribution < -0.4 is 0 Å². The summed E-state index contributed by atoms with van der Waals surface area (Å²) in [6.45, 7) is 7.46. The maximum Gasteiger partial charge on any atom is 0.0462 e. The summed E-state index contributed by atoms with van der Waals surface area (Å²) >= 11 is 6.24. The first-order valence-corrected chi connectivity index (χ1v) is 5.55. The van der Waals surface area contributed by atoms with E-state index in [1.807, 2.05) is 0 Å². The number of hydrogen-bond acceptors (Lipinski definition) is 1. The minimum Gasteiger partial charge on any atom is -0.385 e. The van der Waals surface area contributed by atoms with Gasteiger partial charge in [0.15, 0.2) is 0 Å². The normalized spacial score (nSPS) is 14.5. The van der Waals surface area contributed by atoms with Crippen molar-refractivity contribution in [2.45, 2.75) is 51.8 Å². The monoisotopic (exact) mass is 206 g/mol. The number of methoxy groups -OCH3 is 1. The summed E-state index contributed by atoms with van der Waals surface area (Å²) < 4.78 is 4.98. The Bertz CT molecular complexity index is 118. The summed E-state index contributed by atoms with van der Waals surface area (Å²) in [7, 11) is 1.75. The smallest absolute Gasteiger partial charge is 0.0462 e. The zero-order chi connectivity index (χ0) is 10.3. The van der Waals surface area contributed by atoms with Crippen molar-refractivity contribution < 1.29 is 4.74 Å². The summed E-state index contributed by atoms with van der Waals surface area (Å²) in [5.41, 5.74) is 0.239. The number of ether oxygens (including phenoxy) is 1. The fourth-order valence-corrected chi connectivity index (χ4v) is 1.33. The predicted molar refractivity (Wildman–Crippen MR) is 59.4 cm³/mol. The van der Waals surface area contributed by atoms with Crippen LogP contribution in [-0.2, 0) is 4.74 Å². The number of unbranched alkanes of at least 4 members (excludes halogenated alkanes) is 2. The number of rotatable bonds is 6. The lowest BCUT2D eigenvalue weighted by atomic mass is 9.89. The Morgan fingerprint density at radius 1 is 1.15 bits per heavy atom. The molecule has 0 rings (SSSR count). The van der Waals surface area contributed by atoms with E-state index in [1.54, 1.807) is 7.11 Å². The zero-order valence-corrected chi connectivity index (χ0v) is 10.2. The first-order chi connectivity index (χ1) is 5.98. The van der Waals surface area contributed by atoms with Gasteiger partial charge in [-0.1, -0.05) is 33.6 Å². The number of alkyl halides is 1. The highest BCUT2D eigenvalue weighted by molar-refractivity contribution is 6.21. The van der Waals surface area contributed by atoms with Crippen molar-refractivity contribution in [3.8, 4) is 0 Å². The summed E-state index contributed by atoms with van der Waals surface area (Å²) in [5.74, 6) is 0. The molecule has 0 aromatic carbocycles. The standard InChI is InChI=1S/C11H23ClO/c1-11(2,3)10(12)8-6-5-7-9-13-4/h10H,5-9H2,1-4H3. The minimum absolute atomic E-state index is 0.239. The Hall–Kier alpha value is 0.250. The van der Waals surface area contributed by atoms with Gasteiger partial charge in [-0.3, -0.25) is 0 Å². The second kappa shape index (κ2) is 6.67. The van der Waals surface area contributed by atoms with Gasteiger partial charge in [0.25, 0.3) is 0 Å². The van der Waals surface area contributed by atoms with E-state index < -0.39 is 0 Å². The lowest BCUT2D eigenvalue weighted by molar-refractivity contribution is 0.191. The van der Waals surface area contributed by atoms with Crippen molar-refractivity contribution in [2.75, 3.05) is 13.7 Å². The van der Waals surface area contributed by atoms with Gasteiger partial charge in [-0.25, -0.2) is 0 Å². The molecule has 0 heterocycles. The third-order valence-electron chi connectivity index (χ3n) is 2.25. The topological polar surface area (TPSA) is 9.23 Å². The SMILES string of the molecule is COCCCCCC(Cl)C(C)(C)C. The van der Waals surface area contributed by atoms with Gasteiger partial charge in [-0.2, -0.15) is 0 Å². The highest BCUT2D eigenvalue weighted by Gasteiger charge is 2.21. The molecule has 0 aromatic heterocycles. The summed E-state index contributed by atoms with van der Waals surface area (Å²) in [6.07, 6.45) is 4.72. The molecule has 0 radical (unpaired) electrons. The molecular weight excluding hydrogens is 184 g/mol. The third-order valence-corrected chi connectivity index (χ3v) is 3.12. The van der Waals surface area contributed by atoms with Crippen molar-refractivity contribution in [1.29, 1.82) is 0 Å². The Kier molecular flexibility index (Phi) is 6.79. The highest BCUT2D eigenvalue weighted by Crippen LogP contribution is 2.28. The molecule has 1 nitrogen and oxygen atoms in total. The Morgan fingerprint density at radius 2 is 1.77 bits per heavy atom. The maximum atomic E-state index is 6.24. The van der Waals surface area contributed by atoms with Crippen LogP contribution in [0.5, 0.6) is 0 Å². The molecule has 0 saturated heterocycles. The van der Waals surface area contributed by atoms with Gasteiger partial charge in [-0.15, -0.1) is 11.6 Å². The van der Waals surface area contributed by atoms with E-state index in [0.717, 1.165) is 19.4 Å². The molecule has 1 atom stereocenters. The predicted octanol–water partition coefficient (Wildman–Crippen LogP) is 3.85. The van der Waals surface area contributed by atoms with Crippen LogP contribution in [0.1, 0.15) is 46.5 Å². The van der Waals surface area contributed by atoms with Gasteiger partial charge < -0.3 is 4.74 Å². The van der Waals surface area contributed by atoms with Crippen molar-refractivity contribution in [3.63, 3.8) is 0 Å². The van der Waals surface area contributed by atoms with Crippen LogP contribution in [-0.4, -0.2) is 19.1 Å². The van der Waals surface area contributed by atoms with E-state index in [0.29, 0.717) is 5.38 Å². The van der Waals surface area contributed by atoms with Crippen LogP contribution in [0.25, 0.3) is 0 Å². The Morgan fingerprint density at radius 3 is 2.23 bits per heavy atom. The quantitative estimate of drug-likeness (QED) is 0.474. The molecule has 0 N–H and O–H groups in total. The lowest BCUT2D eigenvalue weighted by Gasteiger charge is -2.24. The Balaban J connectivity index is 3.32. The van der Waals surface area contributed by atoms with Crippen LogP contribution >= 0.6 is 11.6 Å². The van der Waals surface area contributed by atoms with Crippen molar-refractivity contribution >= 4 is 11.6 Å². The lowest BCUT2D eigenvalue weighted by Crippen LogP contribution is -2.20. The van der Waals surface area contributed by atoms with E-state index in [4.69, 9.17) is 16.3 Å². The van der Waals surface area contributed by atoms with Crippen molar-refractivity contribution in [3.05, 3.63) is 0 Å². The van der Waals surface area contributed by atoms with Gasteiger partial charge in [0.05, 0.1) is 0 Å². The van der Waals surface area contributed by atoms with Crippen LogP contribution in [0, 0.1) is 5.41 Å². The van der Waals surface area contributed by atoms with E-state index in [1.165, 1.54) is 12.8 Å². The van der Waals surface area contributed by atoms with Gasteiger partial charge in [0.1, 0.15) is 0 Å². The molecule has 0 aliphatic rings. The molecule has 0 fully saturated rings. The van der Waals surface area contributed by atoms with E-state index in [2.05, 4.69) is 20.8 Å². The van der Waals surface area contributed by atoms with Gasteiger partial charge >= 0.3 is 0 Å². The zero-order valence-electron chi connectivity index (χ0n) is 9.40. The molecule has 1 unspecified atom stereocenters. The van der Waals surface area contributed by atoms with E-state index >= 15 is 0 Å². The Labute approximate surface area is 87.8 Å². The molecule has 0 aliphatic heterocycles. The first kappa shape index (κ1) is 13.2. The average Bonchev–Trinajstić information content (AvgIpc) is 2.02. The molecule has 0 bridgehead atoms. The largest absolute Gasteiger partial charge is 0.385 e. The number of halogens is 1. The van der Waals surface area contributed by atoms with E-state index in [9.17, 15) is 0 Å². The summed E-state index contributed by atoms with van der Waals surface area (Å²) in [4.78, 5) is 0. The van der Waals surface area contributed by atoms with E-state index in [-0.39, 0.29) is 5.41 Å². The maximum absolute atomic E-state index is 6.24. The fraction of sp³-hybridized carbons (Fsp3) is 1.00. The highest BCUT2D eigenvalue weighted by atomic mass is 35.5. The third kappa shape index (κ3) is 7.33. The van der Waals surface area contributed by atoms with Crippen LogP contribution in [0.2, 0.25) is 0 Å². The van der Waals surface area contributed by atoms with Crippen LogP contribution in [0.15, 0.2) is 0 Å². The van der Waals surface area contributed by atoms with Gasteiger partial charge in [-0.05, 0) is 18.3 Å². The molecule has 0 aliphatic carbocycles. The van der Waals surface area contributed by atoms with Gasteiger partial charge in [0, 0.05) is 19.1 Å². The summed E-state index contributed by atoms with van der Waals surface area (Å²) in [5, 5.41) is 0.301. The molecule has 0 aromatic rings. The number of hydrogen-bond donors (Lipinski definition) is 0. The molecule has 0 amide bonds. The second-order valence-corrected chi connectivity index (χ2v) is 5.20. The first-order valence-electron chi connectivity index (χ1n) is 5.11. The second-order valence-electron chi connectivity index (χ2n) is 4.68. The molecule has 13 heavy (non-hydrogen) atoms.